The van der Waals surface area contributed by atoms with Crippen LogP contribution in [0.25, 0.3) is 0 Å². The average molecular weight is 271 g/mol. The molecule has 0 saturated carbocycles. The molecule has 0 spiro atoms. The lowest BCUT2D eigenvalue weighted by molar-refractivity contribution is 0.596. The fraction of sp³-hybridized carbons (Fsp3) is 0.333. The average Bonchev–Trinajstić information content (AvgIpc) is 2.37. The number of rotatable bonds is 3. The van der Waals surface area contributed by atoms with Gasteiger partial charge in [0.25, 0.3) is 0 Å². The summed E-state index contributed by atoms with van der Waals surface area (Å²) in [4.78, 5) is 0. The van der Waals surface area contributed by atoms with Gasteiger partial charge in [0, 0.05) is 5.56 Å². The molecule has 0 fully saturated rings. The molecule has 0 aliphatic carbocycles. The molecule has 1 nitrogen and oxygen atoms in total. The summed E-state index contributed by atoms with van der Waals surface area (Å²) in [6.07, 6.45) is 0. The van der Waals surface area contributed by atoms with E-state index in [1.807, 2.05) is 32.0 Å². The summed E-state index contributed by atoms with van der Waals surface area (Å²) in [5.74, 6) is 0.265. The summed E-state index contributed by atoms with van der Waals surface area (Å²) in [5.41, 5.74) is 10.9. The molecule has 0 aliphatic heterocycles. The molecule has 2 heteroatoms. The van der Waals surface area contributed by atoms with Crippen LogP contribution in [0.2, 0.25) is 0 Å². The van der Waals surface area contributed by atoms with E-state index >= 15 is 0 Å². The minimum Gasteiger partial charge on any atom is -0.320 e. The molecule has 0 heterocycles. The third kappa shape index (κ3) is 2.91. The fourth-order valence-electron chi connectivity index (χ4n) is 2.58. The van der Waals surface area contributed by atoms with Crippen molar-refractivity contribution in [3.05, 3.63) is 70.0 Å². The summed E-state index contributed by atoms with van der Waals surface area (Å²) >= 11 is 0. The van der Waals surface area contributed by atoms with Crippen LogP contribution in [0.4, 0.5) is 4.39 Å². The number of hydrogen-bond donors (Lipinski definition) is 1. The maximum absolute atomic E-state index is 14.2. The van der Waals surface area contributed by atoms with Gasteiger partial charge in [-0.05, 0) is 48.1 Å². The molecule has 0 saturated heterocycles. The Labute approximate surface area is 120 Å². The van der Waals surface area contributed by atoms with E-state index in [0.29, 0.717) is 11.5 Å². The van der Waals surface area contributed by atoms with E-state index in [2.05, 4.69) is 26.0 Å². The van der Waals surface area contributed by atoms with Crippen LogP contribution >= 0.6 is 0 Å². The van der Waals surface area contributed by atoms with Gasteiger partial charge in [-0.2, -0.15) is 0 Å². The molecule has 2 rings (SSSR count). The van der Waals surface area contributed by atoms with Crippen LogP contribution in [0.3, 0.4) is 0 Å². The Morgan fingerprint density at radius 1 is 0.950 bits per heavy atom. The molecule has 2 aromatic carbocycles. The summed E-state index contributed by atoms with van der Waals surface area (Å²) in [7, 11) is 0. The van der Waals surface area contributed by atoms with Gasteiger partial charge in [-0.15, -0.1) is 0 Å². The number of nitrogens with two attached hydrogens (primary N) is 1. The Kier molecular flexibility index (Phi) is 4.24. The van der Waals surface area contributed by atoms with Gasteiger partial charge in [0.2, 0.25) is 0 Å². The Morgan fingerprint density at radius 2 is 1.50 bits per heavy atom. The van der Waals surface area contributed by atoms with Crippen LogP contribution in [-0.4, -0.2) is 0 Å². The van der Waals surface area contributed by atoms with Crippen LogP contribution in [-0.2, 0) is 0 Å². The van der Waals surface area contributed by atoms with E-state index in [4.69, 9.17) is 5.73 Å². The van der Waals surface area contributed by atoms with E-state index in [9.17, 15) is 4.39 Å². The highest BCUT2D eigenvalue weighted by atomic mass is 19.1. The van der Waals surface area contributed by atoms with Gasteiger partial charge in [-0.1, -0.05) is 44.2 Å². The number of benzene rings is 2. The van der Waals surface area contributed by atoms with Crippen LogP contribution in [0, 0.1) is 19.7 Å². The summed E-state index contributed by atoms with van der Waals surface area (Å²) in [6.45, 7) is 8.11. The number of aryl methyl sites for hydroxylation is 2. The van der Waals surface area contributed by atoms with Crippen LogP contribution in [0.15, 0.2) is 36.4 Å². The molecule has 0 bridgehead atoms. The van der Waals surface area contributed by atoms with Crippen LogP contribution < -0.4 is 5.73 Å². The second-order valence-corrected chi connectivity index (χ2v) is 5.78. The molecular formula is C18H22FN. The molecule has 106 valence electrons. The van der Waals surface area contributed by atoms with Crippen molar-refractivity contribution in [1.82, 2.24) is 0 Å². The second-order valence-electron chi connectivity index (χ2n) is 5.78. The van der Waals surface area contributed by atoms with E-state index in [1.54, 1.807) is 6.07 Å². The molecule has 20 heavy (non-hydrogen) atoms. The lowest BCUT2D eigenvalue weighted by atomic mass is 9.92. The maximum Gasteiger partial charge on any atom is 0.128 e. The highest BCUT2D eigenvalue weighted by Crippen LogP contribution is 2.27. The number of halogens is 1. The van der Waals surface area contributed by atoms with Crippen molar-refractivity contribution < 1.29 is 4.39 Å². The van der Waals surface area contributed by atoms with Crippen LogP contribution in [0.5, 0.6) is 0 Å². The van der Waals surface area contributed by atoms with Gasteiger partial charge >= 0.3 is 0 Å². The first-order chi connectivity index (χ1) is 9.40. The standard InChI is InChI=1S/C18H22FN/c1-11(2)14-5-7-15(8-6-14)18(20)17-13(4)9-12(3)10-16(17)19/h5-11,18H,20H2,1-4H3. The zero-order valence-corrected chi connectivity index (χ0v) is 12.6. The predicted octanol–water partition coefficient (Wildman–Crippen LogP) is 4.61. The van der Waals surface area contributed by atoms with Crippen molar-refractivity contribution in [3.8, 4) is 0 Å². The summed E-state index contributed by atoms with van der Waals surface area (Å²) in [5, 5.41) is 0. The Hall–Kier alpha value is -1.67. The van der Waals surface area contributed by atoms with Crippen molar-refractivity contribution in [2.75, 3.05) is 0 Å². The zero-order valence-electron chi connectivity index (χ0n) is 12.6. The predicted molar refractivity (Wildman–Crippen MR) is 82.4 cm³/mol. The third-order valence-corrected chi connectivity index (χ3v) is 3.75. The lowest BCUT2D eigenvalue weighted by Crippen LogP contribution is -2.15. The highest BCUT2D eigenvalue weighted by Gasteiger charge is 2.16. The van der Waals surface area contributed by atoms with Crippen LogP contribution in [0.1, 0.15) is 53.6 Å². The smallest absolute Gasteiger partial charge is 0.128 e. The highest BCUT2D eigenvalue weighted by molar-refractivity contribution is 5.40. The van der Waals surface area contributed by atoms with Crippen molar-refractivity contribution in [2.45, 2.75) is 39.7 Å². The molecule has 0 amide bonds. The minimum absolute atomic E-state index is 0.220. The van der Waals surface area contributed by atoms with Gasteiger partial charge < -0.3 is 5.73 Å². The van der Waals surface area contributed by atoms with Crippen molar-refractivity contribution >= 4 is 0 Å². The van der Waals surface area contributed by atoms with Gasteiger partial charge in [-0.25, -0.2) is 4.39 Å². The lowest BCUT2D eigenvalue weighted by Gasteiger charge is -2.17. The summed E-state index contributed by atoms with van der Waals surface area (Å²) < 4.78 is 14.2. The monoisotopic (exact) mass is 271 g/mol. The van der Waals surface area contributed by atoms with Crippen molar-refractivity contribution in [3.63, 3.8) is 0 Å². The van der Waals surface area contributed by atoms with Crippen molar-refractivity contribution in [2.24, 2.45) is 5.73 Å². The zero-order chi connectivity index (χ0) is 14.9. The molecule has 2 aromatic rings. The largest absolute Gasteiger partial charge is 0.320 e. The third-order valence-electron chi connectivity index (χ3n) is 3.75. The van der Waals surface area contributed by atoms with Gasteiger partial charge in [0.1, 0.15) is 5.82 Å². The Morgan fingerprint density at radius 3 is 2.00 bits per heavy atom. The first kappa shape index (κ1) is 14.7. The second kappa shape index (κ2) is 5.76. The maximum atomic E-state index is 14.2. The molecule has 0 radical (unpaired) electrons. The molecular weight excluding hydrogens is 249 g/mol. The Balaban J connectivity index is 2.38. The van der Waals surface area contributed by atoms with Gasteiger partial charge in [-0.3, -0.25) is 0 Å². The van der Waals surface area contributed by atoms with Crippen molar-refractivity contribution in [1.29, 1.82) is 0 Å². The first-order valence-corrected chi connectivity index (χ1v) is 7.02. The quantitative estimate of drug-likeness (QED) is 0.866. The molecule has 0 aromatic heterocycles. The first-order valence-electron chi connectivity index (χ1n) is 7.02. The fourth-order valence-corrected chi connectivity index (χ4v) is 2.58. The SMILES string of the molecule is Cc1cc(C)c(C(N)c2ccc(C(C)C)cc2)c(F)c1. The minimum atomic E-state index is -0.420. The Bertz CT molecular complexity index is 576. The summed E-state index contributed by atoms with van der Waals surface area (Å²) in [6, 6.07) is 11.2. The molecule has 2 N–H and O–H groups in total. The van der Waals surface area contributed by atoms with Gasteiger partial charge in [0.15, 0.2) is 0 Å². The van der Waals surface area contributed by atoms with E-state index in [-0.39, 0.29) is 5.82 Å². The molecule has 1 unspecified atom stereocenters. The molecule has 1 atom stereocenters. The topological polar surface area (TPSA) is 26.0 Å². The number of hydrogen-bond acceptors (Lipinski definition) is 1. The van der Waals surface area contributed by atoms with E-state index < -0.39 is 6.04 Å². The van der Waals surface area contributed by atoms with E-state index in [0.717, 1.165) is 16.7 Å². The normalized spacial score (nSPS) is 12.8. The molecule has 0 aliphatic rings. The van der Waals surface area contributed by atoms with Gasteiger partial charge in [0.05, 0.1) is 6.04 Å². The van der Waals surface area contributed by atoms with E-state index in [1.165, 1.54) is 5.56 Å².